The van der Waals surface area contributed by atoms with Gasteiger partial charge >= 0.3 is 12.1 Å². The van der Waals surface area contributed by atoms with E-state index in [9.17, 15) is 22.4 Å². The molecule has 0 N–H and O–H groups in total. The Labute approximate surface area is 193 Å². The van der Waals surface area contributed by atoms with Crippen LogP contribution in [-0.2, 0) is 17.5 Å². The smallest absolute Gasteiger partial charge is 0.416 e. The van der Waals surface area contributed by atoms with E-state index in [-0.39, 0.29) is 18.3 Å². The number of hydrogen-bond acceptors (Lipinski definition) is 5. The van der Waals surface area contributed by atoms with Gasteiger partial charge in [0.25, 0.3) is 0 Å². The minimum absolute atomic E-state index is 0.0524. The summed E-state index contributed by atoms with van der Waals surface area (Å²) in [6.45, 7) is 3.64. The molecule has 0 amide bonds. The van der Waals surface area contributed by atoms with Gasteiger partial charge in [-0.05, 0) is 48.9 Å². The van der Waals surface area contributed by atoms with Crippen LogP contribution in [0.3, 0.4) is 0 Å². The first-order valence-electron chi connectivity index (χ1n) is 10.7. The first-order valence-corrected chi connectivity index (χ1v) is 10.7. The van der Waals surface area contributed by atoms with Crippen LogP contribution in [0.15, 0.2) is 60.8 Å². The van der Waals surface area contributed by atoms with Gasteiger partial charge in [0.1, 0.15) is 17.7 Å². The molecule has 2 aromatic carbocycles. The molecule has 0 aliphatic carbocycles. The standard InChI is InChI=1S/C25H22F4N2O3/c1-2-33-24(32)21-9-5-17(11-22(21)26)23-10-8-19(12-30-23)34-20-14-31(15-20)13-16-3-6-18(7-4-16)25(27,28)29/h3-12,20H,2,13-15H2,1H3. The van der Waals surface area contributed by atoms with Gasteiger partial charge in [-0.15, -0.1) is 0 Å². The van der Waals surface area contributed by atoms with Gasteiger partial charge < -0.3 is 9.47 Å². The molecular weight excluding hydrogens is 452 g/mol. The Morgan fingerprint density at radius 3 is 2.41 bits per heavy atom. The second kappa shape index (κ2) is 9.80. The average Bonchev–Trinajstić information content (AvgIpc) is 2.78. The molecule has 0 unspecified atom stereocenters. The van der Waals surface area contributed by atoms with Crippen molar-refractivity contribution in [3.05, 3.63) is 83.3 Å². The summed E-state index contributed by atoms with van der Waals surface area (Å²) in [5, 5.41) is 0. The fourth-order valence-electron chi connectivity index (χ4n) is 3.65. The number of ether oxygens (including phenoxy) is 2. The lowest BCUT2D eigenvalue weighted by Gasteiger charge is -2.39. The fourth-order valence-corrected chi connectivity index (χ4v) is 3.65. The zero-order chi connectivity index (χ0) is 24.3. The van der Waals surface area contributed by atoms with Crippen LogP contribution in [0.1, 0.15) is 28.4 Å². The number of hydrogen-bond donors (Lipinski definition) is 0. The number of likely N-dealkylation sites (tertiary alicyclic amines) is 1. The van der Waals surface area contributed by atoms with Crippen LogP contribution < -0.4 is 4.74 Å². The van der Waals surface area contributed by atoms with Crippen molar-refractivity contribution in [3.63, 3.8) is 0 Å². The summed E-state index contributed by atoms with van der Waals surface area (Å²) in [6, 6.07) is 12.8. The predicted octanol–water partition coefficient (Wildman–Crippen LogP) is 5.35. The molecular formula is C25H22F4N2O3. The van der Waals surface area contributed by atoms with E-state index in [1.54, 1.807) is 31.3 Å². The summed E-state index contributed by atoms with van der Waals surface area (Å²) in [6.07, 6.45) is -2.84. The molecule has 9 heteroatoms. The lowest BCUT2D eigenvalue weighted by molar-refractivity contribution is -0.137. The molecule has 1 saturated heterocycles. The number of halogens is 4. The SMILES string of the molecule is CCOC(=O)c1ccc(-c2ccc(OC3CN(Cc4ccc(C(F)(F)F)cc4)C3)cn2)cc1F. The van der Waals surface area contributed by atoms with Crippen LogP contribution in [0, 0.1) is 5.82 Å². The van der Waals surface area contributed by atoms with Crippen LogP contribution in [0.2, 0.25) is 0 Å². The molecule has 1 aliphatic rings. The van der Waals surface area contributed by atoms with E-state index in [0.717, 1.165) is 17.7 Å². The zero-order valence-corrected chi connectivity index (χ0v) is 18.3. The molecule has 2 heterocycles. The van der Waals surface area contributed by atoms with Crippen LogP contribution in [0.25, 0.3) is 11.3 Å². The second-order valence-electron chi connectivity index (χ2n) is 7.92. The Morgan fingerprint density at radius 1 is 1.09 bits per heavy atom. The highest BCUT2D eigenvalue weighted by atomic mass is 19.4. The first kappa shape index (κ1) is 23.7. The third-order valence-corrected chi connectivity index (χ3v) is 5.41. The lowest BCUT2D eigenvalue weighted by atomic mass is 10.1. The molecule has 0 atom stereocenters. The van der Waals surface area contributed by atoms with Crippen LogP contribution in [-0.4, -0.2) is 41.7 Å². The quantitative estimate of drug-likeness (QED) is 0.342. The van der Waals surface area contributed by atoms with Gasteiger partial charge in [-0.3, -0.25) is 9.88 Å². The van der Waals surface area contributed by atoms with Gasteiger partial charge in [0.2, 0.25) is 0 Å². The first-order chi connectivity index (χ1) is 16.2. The van der Waals surface area contributed by atoms with Crippen molar-refractivity contribution in [1.29, 1.82) is 0 Å². The minimum atomic E-state index is -4.34. The van der Waals surface area contributed by atoms with Crippen molar-refractivity contribution < 1.29 is 31.8 Å². The van der Waals surface area contributed by atoms with Crippen molar-refractivity contribution in [2.75, 3.05) is 19.7 Å². The monoisotopic (exact) mass is 474 g/mol. The minimum Gasteiger partial charge on any atom is -0.486 e. The van der Waals surface area contributed by atoms with Crippen molar-refractivity contribution in [3.8, 4) is 17.0 Å². The van der Waals surface area contributed by atoms with Crippen LogP contribution in [0.4, 0.5) is 17.6 Å². The van der Waals surface area contributed by atoms with Gasteiger partial charge in [0, 0.05) is 25.2 Å². The Hall–Kier alpha value is -3.46. The maximum atomic E-state index is 14.3. The average molecular weight is 474 g/mol. The Balaban J connectivity index is 1.29. The Bertz CT molecular complexity index is 1140. The third-order valence-electron chi connectivity index (χ3n) is 5.41. The number of pyridine rings is 1. The number of nitrogens with zero attached hydrogens (tertiary/aromatic N) is 2. The number of benzene rings is 2. The molecule has 3 aromatic rings. The van der Waals surface area contributed by atoms with Gasteiger partial charge in [-0.2, -0.15) is 13.2 Å². The summed E-state index contributed by atoms with van der Waals surface area (Å²) < 4.78 is 63.0. The van der Waals surface area contributed by atoms with Gasteiger partial charge in [-0.1, -0.05) is 18.2 Å². The Kier molecular flexibility index (Phi) is 6.83. The van der Waals surface area contributed by atoms with E-state index in [4.69, 9.17) is 9.47 Å². The summed E-state index contributed by atoms with van der Waals surface area (Å²) in [5.74, 6) is -0.830. The third kappa shape index (κ3) is 5.53. The van der Waals surface area contributed by atoms with E-state index >= 15 is 0 Å². The van der Waals surface area contributed by atoms with Crippen molar-refractivity contribution in [1.82, 2.24) is 9.88 Å². The molecule has 0 saturated carbocycles. The molecule has 4 rings (SSSR count). The molecule has 0 spiro atoms. The van der Waals surface area contributed by atoms with E-state index in [2.05, 4.69) is 9.88 Å². The van der Waals surface area contributed by atoms with Crippen molar-refractivity contribution in [2.24, 2.45) is 0 Å². The summed E-state index contributed by atoms with van der Waals surface area (Å²) in [7, 11) is 0. The molecule has 1 aliphatic heterocycles. The molecule has 5 nitrogen and oxygen atoms in total. The van der Waals surface area contributed by atoms with Gasteiger partial charge in [0.15, 0.2) is 0 Å². The fraction of sp³-hybridized carbons (Fsp3) is 0.280. The second-order valence-corrected chi connectivity index (χ2v) is 7.92. The summed E-state index contributed by atoms with van der Waals surface area (Å²) >= 11 is 0. The van der Waals surface area contributed by atoms with E-state index in [0.29, 0.717) is 36.6 Å². The largest absolute Gasteiger partial charge is 0.486 e. The molecule has 0 bridgehead atoms. The van der Waals surface area contributed by atoms with Gasteiger partial charge in [0.05, 0.1) is 29.6 Å². The van der Waals surface area contributed by atoms with Crippen LogP contribution in [0.5, 0.6) is 5.75 Å². The van der Waals surface area contributed by atoms with Gasteiger partial charge in [-0.25, -0.2) is 9.18 Å². The number of alkyl halides is 3. The van der Waals surface area contributed by atoms with Crippen molar-refractivity contribution in [2.45, 2.75) is 25.7 Å². The maximum Gasteiger partial charge on any atom is 0.416 e. The van der Waals surface area contributed by atoms with Crippen molar-refractivity contribution >= 4 is 5.97 Å². The highest BCUT2D eigenvalue weighted by Gasteiger charge is 2.31. The normalized spacial score (nSPS) is 14.5. The highest BCUT2D eigenvalue weighted by Crippen LogP contribution is 2.30. The topological polar surface area (TPSA) is 51.7 Å². The highest BCUT2D eigenvalue weighted by molar-refractivity contribution is 5.90. The lowest BCUT2D eigenvalue weighted by Crippen LogP contribution is -2.53. The molecule has 34 heavy (non-hydrogen) atoms. The van der Waals surface area contributed by atoms with Crippen LogP contribution >= 0.6 is 0 Å². The molecule has 0 radical (unpaired) electrons. The van der Waals surface area contributed by atoms with E-state index < -0.39 is 23.5 Å². The number of carbonyl (C=O) groups excluding carboxylic acids is 1. The predicted molar refractivity (Wildman–Crippen MR) is 117 cm³/mol. The maximum absolute atomic E-state index is 14.3. The summed E-state index contributed by atoms with van der Waals surface area (Å²) in [4.78, 5) is 18.1. The number of esters is 1. The number of carbonyl (C=O) groups is 1. The zero-order valence-electron chi connectivity index (χ0n) is 18.3. The summed E-state index contributed by atoms with van der Waals surface area (Å²) in [5.41, 5.74) is 1.06. The van der Waals surface area contributed by atoms with E-state index in [1.165, 1.54) is 24.3 Å². The number of rotatable bonds is 7. The molecule has 1 aromatic heterocycles. The molecule has 1 fully saturated rings. The molecule has 178 valence electrons. The number of aromatic nitrogens is 1. The Morgan fingerprint density at radius 2 is 1.82 bits per heavy atom. The van der Waals surface area contributed by atoms with E-state index in [1.807, 2.05) is 0 Å².